The van der Waals surface area contributed by atoms with E-state index in [1.54, 1.807) is 45.0 Å². The minimum Gasteiger partial charge on any atom is -0.494 e. The Morgan fingerprint density at radius 2 is 1.79 bits per heavy atom. The number of aliphatic hydroxyl groups is 3. The Labute approximate surface area is 228 Å². The van der Waals surface area contributed by atoms with Crippen molar-refractivity contribution in [3.05, 3.63) is 65.7 Å². The predicted octanol–water partition coefficient (Wildman–Crippen LogP) is 2.30. The Bertz CT molecular complexity index is 1110. The van der Waals surface area contributed by atoms with E-state index in [1.165, 1.54) is 0 Å². The molecular weight excluding hydrogens is 504 g/mol. The van der Waals surface area contributed by atoms with Gasteiger partial charge in [0, 0.05) is 31.6 Å². The average Bonchev–Trinajstić information content (AvgIpc) is 3.31. The smallest absolute Gasteiger partial charge is 0.306 e. The van der Waals surface area contributed by atoms with Gasteiger partial charge in [-0.15, -0.1) is 0 Å². The Balaban J connectivity index is 1.99. The molecule has 39 heavy (non-hydrogen) atoms. The molecule has 1 aliphatic heterocycles. The van der Waals surface area contributed by atoms with Crippen molar-refractivity contribution in [3.63, 3.8) is 0 Å². The van der Waals surface area contributed by atoms with Crippen molar-refractivity contribution in [1.29, 1.82) is 0 Å². The molecule has 0 bridgehead atoms. The summed E-state index contributed by atoms with van der Waals surface area (Å²) in [6, 6.07) is 16.1. The predicted molar refractivity (Wildman–Crippen MR) is 144 cm³/mol. The molecule has 1 heterocycles. The van der Waals surface area contributed by atoms with Crippen LogP contribution in [0.25, 0.3) is 0 Å². The number of ether oxygens (including phenoxy) is 3. The SMILES string of the molecule is CC(C)(C)OC(=O)CC[C@@]1(C(=O)NCC(O)CO)N=C(c2ccc(OCCCO)cc2)O[C@@H]1c1ccccc1. The number of amides is 1. The number of hydrogen-bond donors (Lipinski definition) is 4. The zero-order valence-electron chi connectivity index (χ0n) is 22.6. The van der Waals surface area contributed by atoms with Crippen molar-refractivity contribution in [2.75, 3.05) is 26.4 Å². The number of carbonyl (C=O) groups excluding carboxylic acids is 2. The summed E-state index contributed by atoms with van der Waals surface area (Å²) < 4.78 is 17.4. The molecule has 0 saturated heterocycles. The third-order valence-corrected chi connectivity index (χ3v) is 5.97. The molecule has 2 aromatic carbocycles. The van der Waals surface area contributed by atoms with Crippen molar-refractivity contribution < 1.29 is 39.1 Å². The summed E-state index contributed by atoms with van der Waals surface area (Å²) in [4.78, 5) is 31.2. The van der Waals surface area contributed by atoms with E-state index >= 15 is 0 Å². The molecule has 3 atom stereocenters. The van der Waals surface area contributed by atoms with Crippen molar-refractivity contribution in [3.8, 4) is 5.75 Å². The maximum absolute atomic E-state index is 13.8. The van der Waals surface area contributed by atoms with Gasteiger partial charge in [-0.2, -0.15) is 0 Å². The first-order valence-corrected chi connectivity index (χ1v) is 13.0. The first-order chi connectivity index (χ1) is 18.6. The van der Waals surface area contributed by atoms with Crippen LogP contribution in [-0.2, 0) is 19.1 Å². The van der Waals surface area contributed by atoms with E-state index in [0.29, 0.717) is 29.9 Å². The molecule has 1 aliphatic rings. The number of nitrogens with zero attached hydrogens (tertiary/aromatic N) is 1. The Hall–Kier alpha value is -3.47. The van der Waals surface area contributed by atoms with Gasteiger partial charge >= 0.3 is 5.97 Å². The highest BCUT2D eigenvalue weighted by Gasteiger charge is 2.53. The van der Waals surface area contributed by atoms with E-state index in [9.17, 15) is 19.8 Å². The van der Waals surface area contributed by atoms with E-state index in [0.717, 1.165) is 0 Å². The van der Waals surface area contributed by atoms with Crippen LogP contribution >= 0.6 is 0 Å². The van der Waals surface area contributed by atoms with Crippen LogP contribution in [0.2, 0.25) is 0 Å². The van der Waals surface area contributed by atoms with E-state index in [-0.39, 0.29) is 31.9 Å². The van der Waals surface area contributed by atoms with Crippen LogP contribution in [0.5, 0.6) is 5.75 Å². The van der Waals surface area contributed by atoms with Crippen molar-refractivity contribution >= 4 is 17.8 Å². The van der Waals surface area contributed by atoms with Gasteiger partial charge in [0.25, 0.3) is 5.91 Å². The lowest BCUT2D eigenvalue weighted by Crippen LogP contribution is -2.50. The van der Waals surface area contributed by atoms with Crippen LogP contribution < -0.4 is 10.1 Å². The summed E-state index contributed by atoms with van der Waals surface area (Å²) in [7, 11) is 0. The van der Waals surface area contributed by atoms with E-state index < -0.39 is 41.8 Å². The highest BCUT2D eigenvalue weighted by molar-refractivity contribution is 6.01. The summed E-state index contributed by atoms with van der Waals surface area (Å²) in [6.07, 6.45) is -1.64. The second-order valence-corrected chi connectivity index (χ2v) is 10.3. The molecule has 1 unspecified atom stereocenters. The molecule has 4 N–H and O–H groups in total. The first kappa shape index (κ1) is 30.1. The van der Waals surface area contributed by atoms with Gasteiger partial charge in [-0.05, 0) is 57.0 Å². The number of carbonyl (C=O) groups is 2. The second-order valence-electron chi connectivity index (χ2n) is 10.3. The summed E-state index contributed by atoms with van der Waals surface area (Å²) in [5.41, 5.74) is -0.966. The highest BCUT2D eigenvalue weighted by atomic mass is 16.6. The summed E-state index contributed by atoms with van der Waals surface area (Å²) in [5.74, 6) is -0.207. The standard InChI is InChI=1S/C29H38N2O8/c1-28(2,3)39-24(35)14-15-29(27(36)30-18-22(34)19-33)25(20-8-5-4-6-9-20)38-26(31-29)21-10-12-23(13-11-21)37-17-7-16-32/h4-6,8-13,22,25,32-34H,7,14-19H2,1-3H3,(H,30,36)/t22?,25-,29-/m1/s1. The Morgan fingerprint density at radius 3 is 2.41 bits per heavy atom. The van der Waals surface area contributed by atoms with Crippen LogP contribution in [0.3, 0.4) is 0 Å². The van der Waals surface area contributed by atoms with Gasteiger partial charge in [-0.25, -0.2) is 4.99 Å². The lowest BCUT2D eigenvalue weighted by molar-refractivity contribution is -0.155. The van der Waals surface area contributed by atoms with Crippen LogP contribution in [0.4, 0.5) is 0 Å². The van der Waals surface area contributed by atoms with Gasteiger partial charge in [-0.3, -0.25) is 9.59 Å². The normalized spacial score (nSPS) is 19.5. The maximum atomic E-state index is 13.8. The van der Waals surface area contributed by atoms with Gasteiger partial charge < -0.3 is 34.8 Å². The fourth-order valence-corrected chi connectivity index (χ4v) is 4.11. The van der Waals surface area contributed by atoms with Gasteiger partial charge in [-0.1, -0.05) is 30.3 Å². The van der Waals surface area contributed by atoms with Gasteiger partial charge in [0.15, 0.2) is 11.6 Å². The molecule has 3 rings (SSSR count). The maximum Gasteiger partial charge on any atom is 0.306 e. The van der Waals surface area contributed by atoms with Crippen LogP contribution in [0.15, 0.2) is 59.6 Å². The van der Waals surface area contributed by atoms with Crippen molar-refractivity contribution in [2.45, 2.75) is 63.4 Å². The molecule has 0 saturated carbocycles. The molecule has 10 nitrogen and oxygen atoms in total. The zero-order chi connectivity index (χ0) is 28.5. The Morgan fingerprint density at radius 1 is 1.10 bits per heavy atom. The van der Waals surface area contributed by atoms with Crippen LogP contribution in [0.1, 0.15) is 57.3 Å². The fraction of sp³-hybridized carbons (Fsp3) is 0.483. The molecule has 0 spiro atoms. The van der Waals surface area contributed by atoms with Crippen LogP contribution in [-0.4, -0.2) is 76.7 Å². The molecular formula is C29H38N2O8. The van der Waals surface area contributed by atoms with E-state index in [1.807, 2.05) is 30.3 Å². The fourth-order valence-electron chi connectivity index (χ4n) is 4.11. The quantitative estimate of drug-likeness (QED) is 0.223. The molecule has 0 aliphatic carbocycles. The minimum atomic E-state index is -1.56. The summed E-state index contributed by atoms with van der Waals surface area (Å²) >= 11 is 0. The second kappa shape index (κ2) is 13.5. The third kappa shape index (κ3) is 8.26. The van der Waals surface area contributed by atoms with Gasteiger partial charge in [0.05, 0.1) is 19.3 Å². The molecule has 1 amide bonds. The largest absolute Gasteiger partial charge is 0.494 e. The zero-order valence-corrected chi connectivity index (χ0v) is 22.6. The number of esters is 1. The topological polar surface area (TPSA) is 147 Å². The molecule has 0 aromatic heterocycles. The molecule has 2 aromatic rings. The number of hydrogen-bond acceptors (Lipinski definition) is 9. The lowest BCUT2D eigenvalue weighted by atomic mass is 9.83. The summed E-state index contributed by atoms with van der Waals surface area (Å²) in [6.45, 7) is 4.98. The van der Waals surface area contributed by atoms with E-state index in [2.05, 4.69) is 5.32 Å². The first-order valence-electron chi connectivity index (χ1n) is 13.0. The number of benzene rings is 2. The number of aliphatic hydroxyl groups excluding tert-OH is 3. The number of nitrogens with one attached hydrogen (secondary N) is 1. The molecule has 0 fully saturated rings. The van der Waals surface area contributed by atoms with E-state index in [4.69, 9.17) is 24.3 Å². The van der Waals surface area contributed by atoms with Crippen molar-refractivity contribution in [2.24, 2.45) is 4.99 Å². The van der Waals surface area contributed by atoms with Gasteiger partial charge in [0.1, 0.15) is 11.4 Å². The Kier molecular flexibility index (Phi) is 10.4. The third-order valence-electron chi connectivity index (χ3n) is 5.97. The average molecular weight is 543 g/mol. The summed E-state index contributed by atoms with van der Waals surface area (Å²) in [5, 5.41) is 30.7. The monoisotopic (exact) mass is 542 g/mol. The number of rotatable bonds is 13. The highest BCUT2D eigenvalue weighted by Crippen LogP contribution is 2.43. The van der Waals surface area contributed by atoms with Crippen molar-refractivity contribution in [1.82, 2.24) is 5.32 Å². The molecule has 0 radical (unpaired) electrons. The molecule has 10 heteroatoms. The molecule has 212 valence electrons. The van der Waals surface area contributed by atoms with Gasteiger partial charge in [0.2, 0.25) is 5.90 Å². The number of aliphatic imine (C=N–C) groups is 1. The lowest BCUT2D eigenvalue weighted by Gasteiger charge is -2.31. The minimum absolute atomic E-state index is 0.0195. The van der Waals surface area contributed by atoms with Crippen LogP contribution in [0, 0.1) is 0 Å².